The fourth-order valence-electron chi connectivity index (χ4n) is 4.04. The molecule has 0 unspecified atom stereocenters. The molecule has 0 spiro atoms. The molecule has 3 aromatic heterocycles. The van der Waals surface area contributed by atoms with Crippen LogP contribution in [0.2, 0.25) is 5.02 Å². The Kier molecular flexibility index (Phi) is 6.59. The molecular formula is C27H21ClN8O2S. The largest absolute Gasteiger partial charge is 0.457 e. The monoisotopic (exact) mass is 556 g/mol. The van der Waals surface area contributed by atoms with Crippen LogP contribution >= 0.6 is 23.4 Å². The van der Waals surface area contributed by atoms with E-state index in [0.717, 1.165) is 33.2 Å². The predicted octanol–water partition coefficient (Wildman–Crippen LogP) is 5.26. The van der Waals surface area contributed by atoms with Crippen LogP contribution in [0.5, 0.6) is 11.5 Å². The standard InChI is InChI=1S/C27H21ClN8O2S/c1-29-24(37)20-13-19(10-11-30-20)38-18-8-6-17(7-9-18)32-26-34-27-33-25(39-2)22(21-14-31-21)23(36(27)35-26)15-4-3-5-16(28)12-15/h3-13H,14H2,1-2H3,(H,29,37)(H,32,35). The molecule has 10 nitrogen and oxygen atoms in total. The second-order valence-corrected chi connectivity index (χ2v) is 9.70. The van der Waals surface area contributed by atoms with Gasteiger partial charge in [0.25, 0.3) is 11.7 Å². The number of rotatable bonds is 8. The Balaban J connectivity index is 1.30. The van der Waals surface area contributed by atoms with Crippen molar-refractivity contribution in [1.82, 2.24) is 29.9 Å². The van der Waals surface area contributed by atoms with Gasteiger partial charge in [0.1, 0.15) is 22.2 Å². The highest BCUT2D eigenvalue weighted by molar-refractivity contribution is 7.98. The third kappa shape index (κ3) is 5.14. The number of thioether (sulfide) groups is 1. The van der Waals surface area contributed by atoms with Crippen molar-refractivity contribution in [2.45, 2.75) is 5.03 Å². The molecule has 2 aromatic carbocycles. The number of ether oxygens (including phenoxy) is 1. The van der Waals surface area contributed by atoms with E-state index in [9.17, 15) is 4.79 Å². The zero-order valence-corrected chi connectivity index (χ0v) is 22.4. The number of nitrogens with zero attached hydrogens (tertiary/aromatic N) is 6. The Bertz CT molecular complexity index is 1750. The third-order valence-corrected chi connectivity index (χ3v) is 6.80. The number of carbonyl (C=O) groups excluding carboxylic acids is 1. The van der Waals surface area contributed by atoms with Gasteiger partial charge in [-0.05, 0) is 48.7 Å². The second kappa shape index (κ2) is 10.4. The van der Waals surface area contributed by atoms with Gasteiger partial charge in [-0.15, -0.1) is 16.9 Å². The molecule has 0 bridgehead atoms. The van der Waals surface area contributed by atoms with Crippen LogP contribution in [-0.2, 0) is 0 Å². The predicted molar refractivity (Wildman–Crippen MR) is 152 cm³/mol. The quantitative estimate of drug-likeness (QED) is 0.196. The van der Waals surface area contributed by atoms with Crippen LogP contribution in [0.25, 0.3) is 17.0 Å². The number of carbonyl (C=O) groups is 1. The van der Waals surface area contributed by atoms with Crippen molar-refractivity contribution >= 4 is 52.4 Å². The molecule has 194 valence electrons. The molecular weight excluding hydrogens is 536 g/mol. The van der Waals surface area contributed by atoms with Gasteiger partial charge in [0, 0.05) is 35.6 Å². The van der Waals surface area contributed by atoms with E-state index in [1.807, 2.05) is 54.8 Å². The van der Waals surface area contributed by atoms with E-state index in [4.69, 9.17) is 26.4 Å². The molecule has 0 fully saturated rings. The van der Waals surface area contributed by atoms with Crippen LogP contribution in [-0.4, -0.2) is 56.0 Å². The summed E-state index contributed by atoms with van der Waals surface area (Å²) in [5.74, 6) is 1.68. The van der Waals surface area contributed by atoms with Gasteiger partial charge in [0.15, 0.2) is 0 Å². The van der Waals surface area contributed by atoms with Crippen molar-refractivity contribution in [1.29, 1.82) is 0 Å². The van der Waals surface area contributed by atoms with Crippen molar-refractivity contribution in [2.24, 2.45) is 4.99 Å². The van der Waals surface area contributed by atoms with Crippen molar-refractivity contribution < 1.29 is 9.53 Å². The van der Waals surface area contributed by atoms with E-state index < -0.39 is 0 Å². The number of nitrogens with one attached hydrogen (secondary N) is 2. The molecule has 1 amide bonds. The maximum absolute atomic E-state index is 11.8. The Hall–Kier alpha value is -4.48. The van der Waals surface area contributed by atoms with Gasteiger partial charge in [-0.2, -0.15) is 9.50 Å². The van der Waals surface area contributed by atoms with Crippen LogP contribution in [0, 0.1) is 0 Å². The van der Waals surface area contributed by atoms with Gasteiger partial charge in [-0.3, -0.25) is 14.8 Å². The average molecular weight is 557 g/mol. The number of halogens is 1. The van der Waals surface area contributed by atoms with Gasteiger partial charge in [-0.1, -0.05) is 23.7 Å². The van der Waals surface area contributed by atoms with Crippen molar-refractivity contribution in [3.8, 4) is 22.8 Å². The fraction of sp³-hybridized carbons (Fsp3) is 0.111. The van der Waals surface area contributed by atoms with E-state index in [1.54, 1.807) is 35.5 Å². The number of anilines is 2. The van der Waals surface area contributed by atoms with E-state index >= 15 is 0 Å². The van der Waals surface area contributed by atoms with Gasteiger partial charge >= 0.3 is 0 Å². The fourth-order valence-corrected chi connectivity index (χ4v) is 4.82. The molecule has 0 saturated heterocycles. The Morgan fingerprint density at radius 1 is 1.08 bits per heavy atom. The molecule has 0 radical (unpaired) electrons. The van der Waals surface area contributed by atoms with E-state index in [0.29, 0.717) is 34.8 Å². The number of hydrogen-bond acceptors (Lipinski definition) is 9. The lowest BCUT2D eigenvalue weighted by atomic mass is 10.1. The summed E-state index contributed by atoms with van der Waals surface area (Å²) >= 11 is 7.88. The Morgan fingerprint density at radius 3 is 2.62 bits per heavy atom. The molecule has 2 N–H and O–H groups in total. The van der Waals surface area contributed by atoms with Crippen LogP contribution in [0.15, 0.2) is 76.9 Å². The zero-order valence-electron chi connectivity index (χ0n) is 20.8. The first-order valence-corrected chi connectivity index (χ1v) is 13.5. The lowest BCUT2D eigenvalue weighted by molar-refractivity contribution is 0.0958. The molecule has 5 aromatic rings. The Morgan fingerprint density at radius 2 is 1.90 bits per heavy atom. The van der Waals surface area contributed by atoms with Crippen LogP contribution in [0.4, 0.5) is 11.6 Å². The molecule has 0 atom stereocenters. The highest BCUT2D eigenvalue weighted by atomic mass is 35.5. The normalized spacial score (nSPS) is 12.2. The smallest absolute Gasteiger partial charge is 0.269 e. The van der Waals surface area contributed by atoms with E-state index in [-0.39, 0.29) is 11.6 Å². The lowest BCUT2D eigenvalue weighted by Crippen LogP contribution is -2.18. The molecule has 1 aliphatic heterocycles. The first-order valence-electron chi connectivity index (χ1n) is 11.9. The number of aromatic nitrogens is 5. The Labute approximate surface area is 232 Å². The van der Waals surface area contributed by atoms with Gasteiger partial charge in [0.05, 0.1) is 23.5 Å². The summed E-state index contributed by atoms with van der Waals surface area (Å²) < 4.78 is 7.62. The van der Waals surface area contributed by atoms with Crippen LogP contribution in [0.1, 0.15) is 16.1 Å². The summed E-state index contributed by atoms with van der Waals surface area (Å²) in [6.07, 6.45) is 3.51. The first kappa shape index (κ1) is 24.8. The highest BCUT2D eigenvalue weighted by Gasteiger charge is 2.27. The van der Waals surface area contributed by atoms with Crippen molar-refractivity contribution in [3.63, 3.8) is 0 Å². The number of hydrogen-bond donors (Lipinski definition) is 2. The molecule has 0 aliphatic carbocycles. The van der Waals surface area contributed by atoms with E-state index in [2.05, 4.69) is 25.6 Å². The van der Waals surface area contributed by atoms with Crippen molar-refractivity contribution in [2.75, 3.05) is 25.2 Å². The van der Waals surface area contributed by atoms with E-state index in [1.165, 1.54) is 6.20 Å². The summed E-state index contributed by atoms with van der Waals surface area (Å²) in [5.41, 5.74) is 4.73. The number of amides is 1. The van der Waals surface area contributed by atoms with Crippen molar-refractivity contribution in [3.05, 3.63) is 83.1 Å². The summed E-state index contributed by atoms with van der Waals surface area (Å²) in [4.78, 5) is 29.7. The first-order chi connectivity index (χ1) is 19.0. The molecule has 6 rings (SSSR count). The average Bonchev–Trinajstić information content (AvgIpc) is 3.72. The van der Waals surface area contributed by atoms with Gasteiger partial charge < -0.3 is 15.4 Å². The molecule has 1 aliphatic rings. The van der Waals surface area contributed by atoms with Crippen LogP contribution < -0.4 is 15.4 Å². The number of pyridine rings is 1. The summed E-state index contributed by atoms with van der Waals surface area (Å²) in [7, 11) is 1.55. The maximum Gasteiger partial charge on any atom is 0.269 e. The van der Waals surface area contributed by atoms with Gasteiger partial charge in [-0.25, -0.2) is 4.98 Å². The number of fused-ring (bicyclic) bond motifs is 1. The molecule has 0 saturated carbocycles. The second-order valence-electron chi connectivity index (χ2n) is 8.47. The highest BCUT2D eigenvalue weighted by Crippen LogP contribution is 2.35. The van der Waals surface area contributed by atoms with Crippen LogP contribution in [0.3, 0.4) is 0 Å². The minimum Gasteiger partial charge on any atom is -0.457 e. The topological polar surface area (TPSA) is 119 Å². The molecule has 12 heteroatoms. The molecule has 4 heterocycles. The summed E-state index contributed by atoms with van der Waals surface area (Å²) in [5, 5.41) is 12.0. The number of aliphatic imine (C=N–C) groups is 1. The number of benzene rings is 2. The summed E-state index contributed by atoms with van der Waals surface area (Å²) in [6, 6.07) is 18.2. The minimum absolute atomic E-state index is 0.276. The van der Waals surface area contributed by atoms with Gasteiger partial charge in [0.2, 0.25) is 5.95 Å². The summed E-state index contributed by atoms with van der Waals surface area (Å²) in [6.45, 7) is 0.676. The minimum atomic E-state index is -0.283. The third-order valence-electron chi connectivity index (χ3n) is 5.89. The molecule has 39 heavy (non-hydrogen) atoms. The maximum atomic E-state index is 11.8. The zero-order chi connectivity index (χ0) is 26.9. The SMILES string of the molecule is CNC(=O)c1cc(Oc2ccc(Nc3nc4nc(SC)c(C5=NC5)c(-c5cccc(Cl)c5)n4n3)cc2)ccn1. The lowest BCUT2D eigenvalue weighted by Gasteiger charge is -2.12.